The largest absolute Gasteiger partial charge is 0.455 e. The van der Waals surface area contributed by atoms with Crippen LogP contribution in [0.1, 0.15) is 11.1 Å². The number of fused-ring (bicyclic) bond motifs is 3. The normalized spacial score (nSPS) is 11.2. The van der Waals surface area contributed by atoms with Crippen LogP contribution in [-0.2, 0) is 6.42 Å². The zero-order valence-electron chi connectivity index (χ0n) is 14.1. The third kappa shape index (κ3) is 2.45. The van der Waals surface area contributed by atoms with E-state index < -0.39 is 0 Å². The zero-order valence-corrected chi connectivity index (χ0v) is 14.1. The fourth-order valence-electron chi connectivity index (χ4n) is 3.49. The summed E-state index contributed by atoms with van der Waals surface area (Å²) in [6, 6.07) is 22.6. The first-order valence-corrected chi connectivity index (χ1v) is 8.63. The Bertz CT molecular complexity index is 1190. The first kappa shape index (κ1) is 14.8. The maximum Gasteiger partial charge on any atom is 0.145 e. The molecule has 26 heavy (non-hydrogen) atoms. The Morgan fingerprint density at radius 1 is 0.769 bits per heavy atom. The van der Waals surface area contributed by atoms with Gasteiger partial charge in [-0.25, -0.2) is 0 Å². The minimum absolute atomic E-state index is 0.838. The van der Waals surface area contributed by atoms with Gasteiger partial charge in [0.15, 0.2) is 0 Å². The molecule has 0 atom stereocenters. The molecular formula is C23H16N2O. The van der Waals surface area contributed by atoms with Crippen LogP contribution in [0.2, 0.25) is 0 Å². The van der Waals surface area contributed by atoms with E-state index in [1.165, 1.54) is 16.5 Å². The lowest BCUT2D eigenvalue weighted by molar-refractivity contribution is 0.669. The average molecular weight is 336 g/mol. The van der Waals surface area contributed by atoms with Crippen molar-refractivity contribution in [2.24, 2.45) is 0 Å². The van der Waals surface area contributed by atoms with Gasteiger partial charge in [-0.05, 0) is 53.9 Å². The lowest BCUT2D eigenvalue weighted by atomic mass is 9.97. The molecule has 0 saturated carbocycles. The van der Waals surface area contributed by atoms with Crippen LogP contribution < -0.4 is 0 Å². The summed E-state index contributed by atoms with van der Waals surface area (Å²) in [6.45, 7) is 0. The van der Waals surface area contributed by atoms with Crippen molar-refractivity contribution in [2.75, 3.05) is 0 Å². The third-order valence-electron chi connectivity index (χ3n) is 4.70. The number of para-hydroxylation sites is 1. The summed E-state index contributed by atoms with van der Waals surface area (Å²) in [5.41, 5.74) is 6.23. The maximum atomic E-state index is 6.26. The van der Waals surface area contributed by atoms with Gasteiger partial charge in [0, 0.05) is 34.9 Å². The van der Waals surface area contributed by atoms with Crippen LogP contribution in [0.25, 0.3) is 33.2 Å². The Kier molecular flexibility index (Phi) is 3.49. The molecule has 0 aliphatic carbocycles. The number of hydrogen-bond donors (Lipinski definition) is 0. The Labute approximate surface area is 151 Å². The molecule has 0 radical (unpaired) electrons. The molecule has 0 bridgehead atoms. The van der Waals surface area contributed by atoms with Gasteiger partial charge in [-0.2, -0.15) is 0 Å². The number of benzene rings is 2. The number of pyridine rings is 2. The van der Waals surface area contributed by atoms with Crippen molar-refractivity contribution < 1.29 is 4.42 Å². The SMILES string of the molecule is c1ccc(-c2ccc(Cc3ccncc3)c3c2oc2ccccc23)nc1. The minimum Gasteiger partial charge on any atom is -0.455 e. The van der Waals surface area contributed by atoms with E-state index in [-0.39, 0.29) is 0 Å². The Hall–Kier alpha value is -3.46. The first-order valence-electron chi connectivity index (χ1n) is 8.63. The second-order valence-corrected chi connectivity index (χ2v) is 6.32. The summed E-state index contributed by atoms with van der Waals surface area (Å²) >= 11 is 0. The van der Waals surface area contributed by atoms with E-state index >= 15 is 0 Å². The summed E-state index contributed by atoms with van der Waals surface area (Å²) in [7, 11) is 0. The van der Waals surface area contributed by atoms with E-state index in [2.05, 4.69) is 46.4 Å². The Balaban J connectivity index is 1.79. The molecule has 0 fully saturated rings. The predicted molar refractivity (Wildman–Crippen MR) is 104 cm³/mol. The van der Waals surface area contributed by atoms with E-state index in [1.807, 2.05) is 48.9 Å². The van der Waals surface area contributed by atoms with Crippen molar-refractivity contribution in [1.29, 1.82) is 0 Å². The molecule has 2 aromatic carbocycles. The van der Waals surface area contributed by atoms with Gasteiger partial charge in [-0.15, -0.1) is 0 Å². The van der Waals surface area contributed by atoms with Gasteiger partial charge in [-0.3, -0.25) is 9.97 Å². The fourth-order valence-corrected chi connectivity index (χ4v) is 3.49. The lowest BCUT2D eigenvalue weighted by Crippen LogP contribution is -1.91. The van der Waals surface area contributed by atoms with Crippen molar-refractivity contribution in [3.05, 3.63) is 96.4 Å². The molecule has 0 aliphatic heterocycles. The van der Waals surface area contributed by atoms with Crippen molar-refractivity contribution in [2.45, 2.75) is 6.42 Å². The van der Waals surface area contributed by atoms with Crippen LogP contribution >= 0.6 is 0 Å². The summed E-state index contributed by atoms with van der Waals surface area (Å²) < 4.78 is 6.26. The molecule has 3 aromatic heterocycles. The molecule has 3 heteroatoms. The molecular weight excluding hydrogens is 320 g/mol. The van der Waals surface area contributed by atoms with E-state index in [4.69, 9.17) is 4.42 Å². The molecule has 0 N–H and O–H groups in total. The molecule has 5 aromatic rings. The van der Waals surface area contributed by atoms with Crippen LogP contribution in [-0.4, -0.2) is 9.97 Å². The van der Waals surface area contributed by atoms with Crippen LogP contribution in [0, 0.1) is 0 Å². The summed E-state index contributed by atoms with van der Waals surface area (Å²) in [5, 5.41) is 2.31. The lowest BCUT2D eigenvalue weighted by Gasteiger charge is -2.07. The molecule has 124 valence electrons. The van der Waals surface area contributed by atoms with Gasteiger partial charge in [0.05, 0.1) is 5.69 Å². The number of rotatable bonds is 3. The second kappa shape index (κ2) is 6.12. The van der Waals surface area contributed by atoms with Crippen molar-refractivity contribution in [3.8, 4) is 11.3 Å². The molecule has 0 unspecified atom stereocenters. The minimum atomic E-state index is 0.838. The molecule has 3 heterocycles. The van der Waals surface area contributed by atoms with Gasteiger partial charge in [0.2, 0.25) is 0 Å². The highest BCUT2D eigenvalue weighted by molar-refractivity contribution is 6.11. The Morgan fingerprint density at radius 3 is 2.46 bits per heavy atom. The quantitative estimate of drug-likeness (QED) is 0.428. The monoisotopic (exact) mass is 336 g/mol. The number of nitrogens with zero attached hydrogens (tertiary/aromatic N) is 2. The molecule has 0 spiro atoms. The van der Waals surface area contributed by atoms with Gasteiger partial charge in [-0.1, -0.05) is 30.3 Å². The van der Waals surface area contributed by atoms with Crippen LogP contribution in [0.15, 0.2) is 89.7 Å². The highest BCUT2D eigenvalue weighted by atomic mass is 16.3. The third-order valence-corrected chi connectivity index (χ3v) is 4.70. The van der Waals surface area contributed by atoms with E-state index in [0.29, 0.717) is 0 Å². The van der Waals surface area contributed by atoms with E-state index in [1.54, 1.807) is 0 Å². The van der Waals surface area contributed by atoms with Gasteiger partial charge in [0.25, 0.3) is 0 Å². The van der Waals surface area contributed by atoms with Crippen molar-refractivity contribution in [1.82, 2.24) is 9.97 Å². The van der Waals surface area contributed by atoms with Gasteiger partial charge in [0.1, 0.15) is 11.2 Å². The first-order chi connectivity index (χ1) is 12.9. The van der Waals surface area contributed by atoms with E-state index in [9.17, 15) is 0 Å². The van der Waals surface area contributed by atoms with Crippen molar-refractivity contribution in [3.63, 3.8) is 0 Å². The topological polar surface area (TPSA) is 38.9 Å². The standard InChI is InChI=1S/C23H16N2O/c1-2-7-21-19(5-1)22-17(15-16-10-13-24-14-11-16)8-9-18(23(22)26-21)20-6-3-4-12-25-20/h1-14H,15H2. The van der Waals surface area contributed by atoms with Crippen LogP contribution in [0.3, 0.4) is 0 Å². The number of furan rings is 1. The highest BCUT2D eigenvalue weighted by Gasteiger charge is 2.16. The van der Waals surface area contributed by atoms with Crippen molar-refractivity contribution >= 4 is 21.9 Å². The predicted octanol–water partition coefficient (Wildman–Crippen LogP) is 5.63. The smallest absolute Gasteiger partial charge is 0.145 e. The second-order valence-electron chi connectivity index (χ2n) is 6.32. The van der Waals surface area contributed by atoms with Gasteiger partial charge >= 0.3 is 0 Å². The van der Waals surface area contributed by atoms with Gasteiger partial charge < -0.3 is 4.42 Å². The molecule has 3 nitrogen and oxygen atoms in total. The molecule has 0 saturated heterocycles. The summed E-state index contributed by atoms with van der Waals surface area (Å²) in [4.78, 5) is 8.63. The summed E-state index contributed by atoms with van der Waals surface area (Å²) in [5.74, 6) is 0. The molecule has 5 rings (SSSR count). The molecule has 0 aliphatic rings. The zero-order chi connectivity index (χ0) is 17.3. The van der Waals surface area contributed by atoms with Crippen LogP contribution in [0.4, 0.5) is 0 Å². The fraction of sp³-hybridized carbons (Fsp3) is 0.0435. The van der Waals surface area contributed by atoms with Crippen LogP contribution in [0.5, 0.6) is 0 Å². The average Bonchev–Trinajstić information content (AvgIpc) is 3.10. The maximum absolute atomic E-state index is 6.26. The molecule has 0 amide bonds. The highest BCUT2D eigenvalue weighted by Crippen LogP contribution is 2.37. The number of hydrogen-bond acceptors (Lipinski definition) is 3. The summed E-state index contributed by atoms with van der Waals surface area (Å²) in [6.07, 6.45) is 6.32. The Morgan fingerprint density at radius 2 is 1.62 bits per heavy atom. The number of aromatic nitrogens is 2. The van der Waals surface area contributed by atoms with E-state index in [0.717, 1.165) is 34.2 Å².